The number of esters is 1. The molecule has 0 bridgehead atoms. The van der Waals surface area contributed by atoms with E-state index >= 15 is 0 Å². The number of carbonyl (C=O) groups excluding carboxylic acids is 2. The third kappa shape index (κ3) is 4.87. The summed E-state index contributed by atoms with van der Waals surface area (Å²) in [6.45, 7) is 3.49. The van der Waals surface area contributed by atoms with Crippen LogP contribution in [-0.2, 0) is 9.53 Å². The highest BCUT2D eigenvalue weighted by Crippen LogP contribution is 2.24. The summed E-state index contributed by atoms with van der Waals surface area (Å²) >= 11 is 1.31. The third-order valence-corrected chi connectivity index (χ3v) is 5.43. The monoisotopic (exact) mass is 432 g/mol. The fourth-order valence-electron chi connectivity index (χ4n) is 2.89. The fourth-order valence-corrected chi connectivity index (χ4v) is 3.63. The molecule has 0 fully saturated rings. The molecule has 0 spiro atoms. The van der Waals surface area contributed by atoms with E-state index in [2.05, 4.69) is 20.3 Å². The molecular weight excluding hydrogens is 412 g/mol. The molecule has 8 heteroatoms. The molecule has 0 aliphatic carbocycles. The Balaban J connectivity index is 1.31. The molecule has 0 saturated heterocycles. The Labute approximate surface area is 183 Å². The minimum Gasteiger partial charge on any atom is -0.452 e. The first-order chi connectivity index (χ1) is 15.0. The number of ether oxygens (including phenoxy) is 1. The normalized spacial score (nSPS) is 10.6. The van der Waals surface area contributed by atoms with E-state index in [1.165, 1.54) is 11.3 Å². The maximum atomic E-state index is 12.3. The minimum absolute atomic E-state index is 0.358. The molecule has 0 aliphatic heterocycles. The van der Waals surface area contributed by atoms with Crippen LogP contribution in [0.15, 0.2) is 60.0 Å². The van der Waals surface area contributed by atoms with Crippen LogP contribution >= 0.6 is 11.3 Å². The lowest BCUT2D eigenvalue weighted by Crippen LogP contribution is -2.20. The number of imidazole rings is 1. The van der Waals surface area contributed by atoms with Crippen LogP contribution in [0.25, 0.3) is 22.6 Å². The van der Waals surface area contributed by atoms with Gasteiger partial charge in [-0.05, 0) is 26.0 Å². The number of anilines is 1. The van der Waals surface area contributed by atoms with Crippen LogP contribution in [0.2, 0.25) is 0 Å². The van der Waals surface area contributed by atoms with Gasteiger partial charge in [-0.25, -0.2) is 14.8 Å². The van der Waals surface area contributed by atoms with Crippen molar-refractivity contribution in [2.45, 2.75) is 13.8 Å². The minimum atomic E-state index is -0.572. The molecule has 0 radical (unpaired) electrons. The van der Waals surface area contributed by atoms with Crippen molar-refractivity contribution in [1.29, 1.82) is 0 Å². The molecule has 156 valence electrons. The molecule has 2 aromatic carbocycles. The van der Waals surface area contributed by atoms with Crippen LogP contribution in [0.4, 0.5) is 5.13 Å². The lowest BCUT2D eigenvalue weighted by molar-refractivity contribution is -0.119. The number of aromatic nitrogens is 3. The molecular formula is C23H20N4O3S. The van der Waals surface area contributed by atoms with Gasteiger partial charge < -0.3 is 9.72 Å². The van der Waals surface area contributed by atoms with E-state index in [9.17, 15) is 9.59 Å². The quantitative estimate of drug-likeness (QED) is 0.434. The zero-order valence-electron chi connectivity index (χ0n) is 17.0. The van der Waals surface area contributed by atoms with Gasteiger partial charge >= 0.3 is 5.97 Å². The fraction of sp³-hybridized carbons (Fsp3) is 0.130. The lowest BCUT2D eigenvalue weighted by Gasteiger charge is -2.05. The maximum Gasteiger partial charge on any atom is 0.338 e. The number of aryl methyl sites for hydroxylation is 2. The van der Waals surface area contributed by atoms with E-state index in [1.54, 1.807) is 24.3 Å². The molecule has 2 aromatic heterocycles. The lowest BCUT2D eigenvalue weighted by atomic mass is 10.1. The maximum absolute atomic E-state index is 12.3. The first-order valence-electron chi connectivity index (χ1n) is 9.61. The first kappa shape index (κ1) is 20.5. The summed E-state index contributed by atoms with van der Waals surface area (Å²) in [6, 6.07) is 16.5. The number of benzene rings is 2. The SMILES string of the molecule is Cc1nc(-c2ccc(C(=O)OCC(=O)Nc3nc(-c4ccccc4)cs3)cc2)[nH]c1C. The summed E-state index contributed by atoms with van der Waals surface area (Å²) in [6.07, 6.45) is 0. The molecule has 0 unspecified atom stereocenters. The number of aromatic amines is 1. The molecule has 0 aliphatic rings. The number of rotatable bonds is 6. The summed E-state index contributed by atoms with van der Waals surface area (Å²) in [4.78, 5) is 36.4. The van der Waals surface area contributed by atoms with Crippen molar-refractivity contribution in [3.05, 3.63) is 76.9 Å². The van der Waals surface area contributed by atoms with Crippen LogP contribution in [0.1, 0.15) is 21.7 Å². The second kappa shape index (κ2) is 8.93. The predicted octanol–water partition coefficient (Wildman–Crippen LogP) is 4.61. The van der Waals surface area contributed by atoms with Gasteiger partial charge in [0.2, 0.25) is 0 Å². The third-order valence-electron chi connectivity index (χ3n) is 4.68. The van der Waals surface area contributed by atoms with Gasteiger partial charge in [0.15, 0.2) is 11.7 Å². The Morgan fingerprint density at radius 1 is 1.00 bits per heavy atom. The Hall–Kier alpha value is -3.78. The highest BCUT2D eigenvalue weighted by molar-refractivity contribution is 7.14. The van der Waals surface area contributed by atoms with Gasteiger partial charge in [0.05, 0.1) is 17.0 Å². The Kier molecular flexibility index (Phi) is 5.90. The number of hydrogen-bond donors (Lipinski definition) is 2. The average Bonchev–Trinajstić information content (AvgIpc) is 3.39. The molecule has 31 heavy (non-hydrogen) atoms. The molecule has 1 amide bonds. The smallest absolute Gasteiger partial charge is 0.338 e. The van der Waals surface area contributed by atoms with Crippen molar-refractivity contribution in [2.24, 2.45) is 0 Å². The van der Waals surface area contributed by atoms with Crippen molar-refractivity contribution in [2.75, 3.05) is 11.9 Å². The Bertz CT molecular complexity index is 1190. The Morgan fingerprint density at radius 3 is 2.42 bits per heavy atom. The van der Waals surface area contributed by atoms with E-state index in [4.69, 9.17) is 4.74 Å². The van der Waals surface area contributed by atoms with Gasteiger partial charge in [-0.2, -0.15) is 0 Å². The highest BCUT2D eigenvalue weighted by atomic mass is 32.1. The second-order valence-electron chi connectivity index (χ2n) is 6.90. The predicted molar refractivity (Wildman–Crippen MR) is 120 cm³/mol. The number of nitrogens with zero attached hydrogens (tertiary/aromatic N) is 2. The Morgan fingerprint density at radius 2 is 1.74 bits per heavy atom. The molecule has 7 nitrogen and oxygen atoms in total. The van der Waals surface area contributed by atoms with Crippen molar-refractivity contribution < 1.29 is 14.3 Å². The van der Waals surface area contributed by atoms with Gasteiger partial charge in [0.1, 0.15) is 5.82 Å². The topological polar surface area (TPSA) is 97.0 Å². The van der Waals surface area contributed by atoms with E-state index in [0.29, 0.717) is 10.7 Å². The molecule has 4 rings (SSSR count). The molecule has 0 saturated carbocycles. The van der Waals surface area contributed by atoms with E-state index in [0.717, 1.165) is 34.0 Å². The average molecular weight is 433 g/mol. The van der Waals surface area contributed by atoms with E-state index < -0.39 is 18.5 Å². The summed E-state index contributed by atoms with van der Waals surface area (Å²) in [5.41, 5.74) is 4.90. The summed E-state index contributed by atoms with van der Waals surface area (Å²) in [5.74, 6) is -0.272. The van der Waals surface area contributed by atoms with E-state index in [1.807, 2.05) is 49.6 Å². The van der Waals surface area contributed by atoms with Gasteiger partial charge in [-0.1, -0.05) is 42.5 Å². The van der Waals surface area contributed by atoms with Crippen LogP contribution < -0.4 is 5.32 Å². The first-order valence-corrected chi connectivity index (χ1v) is 10.5. The van der Waals surface area contributed by atoms with Crippen LogP contribution in [0.5, 0.6) is 0 Å². The van der Waals surface area contributed by atoms with Crippen molar-refractivity contribution in [1.82, 2.24) is 15.0 Å². The van der Waals surface area contributed by atoms with Crippen molar-refractivity contribution >= 4 is 28.3 Å². The van der Waals surface area contributed by atoms with Gasteiger partial charge in [0.25, 0.3) is 5.91 Å². The van der Waals surface area contributed by atoms with Crippen molar-refractivity contribution in [3.8, 4) is 22.6 Å². The number of hydrogen-bond acceptors (Lipinski definition) is 6. The largest absolute Gasteiger partial charge is 0.452 e. The van der Waals surface area contributed by atoms with Gasteiger partial charge in [-0.15, -0.1) is 11.3 Å². The summed E-state index contributed by atoms with van der Waals surface area (Å²) in [5, 5.41) is 4.97. The number of H-pyrrole nitrogens is 1. The number of thiazole rings is 1. The zero-order chi connectivity index (χ0) is 21.8. The van der Waals surface area contributed by atoms with Gasteiger partial charge in [-0.3, -0.25) is 10.1 Å². The number of amides is 1. The van der Waals surface area contributed by atoms with Gasteiger partial charge in [0, 0.05) is 22.2 Å². The van der Waals surface area contributed by atoms with Crippen LogP contribution in [0, 0.1) is 13.8 Å². The molecule has 2 N–H and O–H groups in total. The molecule has 4 aromatic rings. The molecule has 2 heterocycles. The van der Waals surface area contributed by atoms with Crippen LogP contribution in [-0.4, -0.2) is 33.4 Å². The summed E-state index contributed by atoms with van der Waals surface area (Å²) < 4.78 is 5.12. The number of nitrogens with one attached hydrogen (secondary N) is 2. The summed E-state index contributed by atoms with van der Waals surface area (Å²) in [7, 11) is 0. The molecule has 0 atom stereocenters. The standard InChI is InChI=1S/C23H20N4O3S/c1-14-15(2)25-21(24-14)17-8-10-18(11-9-17)22(29)30-12-20(28)27-23-26-19(13-31-23)16-6-4-3-5-7-16/h3-11,13H,12H2,1-2H3,(H,24,25)(H,26,27,28). The van der Waals surface area contributed by atoms with E-state index in [-0.39, 0.29) is 0 Å². The second-order valence-corrected chi connectivity index (χ2v) is 7.76. The van der Waals surface area contributed by atoms with Crippen molar-refractivity contribution in [3.63, 3.8) is 0 Å². The van der Waals surface area contributed by atoms with Crippen LogP contribution in [0.3, 0.4) is 0 Å². The highest BCUT2D eigenvalue weighted by Gasteiger charge is 2.13. The zero-order valence-corrected chi connectivity index (χ0v) is 17.8. The number of carbonyl (C=O) groups is 2.